The fourth-order valence-electron chi connectivity index (χ4n) is 2.21. The zero-order valence-electron chi connectivity index (χ0n) is 10.3. The summed E-state index contributed by atoms with van der Waals surface area (Å²) in [6.45, 7) is 5.68. The summed E-state index contributed by atoms with van der Waals surface area (Å²) in [4.78, 5) is 13.3. The SMILES string of the molecule is Cc1cc(C)cc(CN2CC(CN)OC2=O)c1. The highest BCUT2D eigenvalue weighted by atomic mass is 16.6. The summed E-state index contributed by atoms with van der Waals surface area (Å²) in [7, 11) is 0. The summed E-state index contributed by atoms with van der Waals surface area (Å²) >= 11 is 0. The minimum Gasteiger partial charge on any atom is -0.443 e. The van der Waals surface area contributed by atoms with Crippen LogP contribution in [0.5, 0.6) is 0 Å². The van der Waals surface area contributed by atoms with Gasteiger partial charge in [0.1, 0.15) is 6.10 Å². The first-order valence-corrected chi connectivity index (χ1v) is 5.81. The molecular weight excluding hydrogens is 216 g/mol. The van der Waals surface area contributed by atoms with Crippen LogP contribution < -0.4 is 5.73 Å². The van der Waals surface area contributed by atoms with Gasteiger partial charge in [0.2, 0.25) is 0 Å². The van der Waals surface area contributed by atoms with E-state index in [4.69, 9.17) is 10.5 Å². The normalized spacial score (nSPS) is 19.6. The fourth-order valence-corrected chi connectivity index (χ4v) is 2.21. The van der Waals surface area contributed by atoms with Crippen molar-refractivity contribution in [2.45, 2.75) is 26.5 Å². The summed E-state index contributed by atoms with van der Waals surface area (Å²) in [6.07, 6.45) is -0.423. The van der Waals surface area contributed by atoms with Crippen molar-refractivity contribution in [3.05, 3.63) is 34.9 Å². The van der Waals surface area contributed by atoms with Gasteiger partial charge in [0, 0.05) is 13.1 Å². The molecule has 0 aromatic heterocycles. The first-order chi connectivity index (χ1) is 8.08. The lowest BCUT2D eigenvalue weighted by molar-refractivity contribution is 0.134. The number of aryl methyl sites for hydroxylation is 2. The van der Waals surface area contributed by atoms with Crippen LogP contribution in [-0.2, 0) is 11.3 Å². The van der Waals surface area contributed by atoms with Crippen LogP contribution in [0.2, 0.25) is 0 Å². The van der Waals surface area contributed by atoms with Crippen LogP contribution in [0.1, 0.15) is 16.7 Å². The zero-order chi connectivity index (χ0) is 12.4. The van der Waals surface area contributed by atoms with E-state index in [0.717, 1.165) is 5.56 Å². The molecule has 0 radical (unpaired) electrons. The van der Waals surface area contributed by atoms with E-state index in [-0.39, 0.29) is 12.2 Å². The molecule has 2 N–H and O–H groups in total. The average molecular weight is 234 g/mol. The number of amides is 1. The lowest BCUT2D eigenvalue weighted by atomic mass is 10.1. The summed E-state index contributed by atoms with van der Waals surface area (Å²) in [5.74, 6) is 0. The molecule has 0 aliphatic carbocycles. The second kappa shape index (κ2) is 4.75. The molecule has 92 valence electrons. The van der Waals surface area contributed by atoms with E-state index >= 15 is 0 Å². The van der Waals surface area contributed by atoms with Crippen LogP contribution in [0.4, 0.5) is 4.79 Å². The van der Waals surface area contributed by atoms with Crippen LogP contribution in [0.15, 0.2) is 18.2 Å². The molecule has 0 bridgehead atoms. The topological polar surface area (TPSA) is 55.6 Å². The Kier molecular flexibility index (Phi) is 3.33. The van der Waals surface area contributed by atoms with E-state index in [0.29, 0.717) is 19.6 Å². The van der Waals surface area contributed by atoms with Crippen molar-refractivity contribution in [1.82, 2.24) is 4.90 Å². The third kappa shape index (κ3) is 2.77. The van der Waals surface area contributed by atoms with Crippen molar-refractivity contribution in [2.75, 3.05) is 13.1 Å². The Morgan fingerprint density at radius 3 is 2.53 bits per heavy atom. The Hall–Kier alpha value is -1.55. The predicted octanol–water partition coefficient (Wildman–Crippen LogP) is 1.58. The monoisotopic (exact) mass is 234 g/mol. The highest BCUT2D eigenvalue weighted by Crippen LogP contribution is 2.16. The lowest BCUT2D eigenvalue weighted by Crippen LogP contribution is -2.27. The summed E-state index contributed by atoms with van der Waals surface area (Å²) in [5.41, 5.74) is 9.05. The van der Waals surface area contributed by atoms with Gasteiger partial charge in [0.25, 0.3) is 0 Å². The number of hydrogen-bond acceptors (Lipinski definition) is 3. The molecule has 1 saturated heterocycles. The maximum Gasteiger partial charge on any atom is 0.410 e. The van der Waals surface area contributed by atoms with Crippen LogP contribution in [-0.4, -0.2) is 30.2 Å². The number of nitrogens with two attached hydrogens (primary N) is 1. The molecule has 1 heterocycles. The molecule has 0 spiro atoms. The molecular formula is C13H18N2O2. The van der Waals surface area contributed by atoms with Crippen LogP contribution in [0.3, 0.4) is 0 Å². The average Bonchev–Trinajstić information content (AvgIpc) is 2.58. The summed E-state index contributed by atoms with van der Waals surface area (Å²) < 4.78 is 5.12. The van der Waals surface area contributed by atoms with E-state index in [9.17, 15) is 4.79 Å². The maximum absolute atomic E-state index is 11.6. The van der Waals surface area contributed by atoms with Crippen LogP contribution in [0, 0.1) is 13.8 Å². The van der Waals surface area contributed by atoms with Gasteiger partial charge in [0.15, 0.2) is 0 Å². The van der Waals surface area contributed by atoms with E-state index < -0.39 is 0 Å². The molecule has 1 atom stereocenters. The van der Waals surface area contributed by atoms with Crippen molar-refractivity contribution in [1.29, 1.82) is 0 Å². The Labute approximate surface area is 101 Å². The van der Waals surface area contributed by atoms with E-state index in [1.165, 1.54) is 11.1 Å². The van der Waals surface area contributed by atoms with Crippen molar-refractivity contribution >= 4 is 6.09 Å². The van der Waals surface area contributed by atoms with Gasteiger partial charge in [0.05, 0.1) is 6.54 Å². The molecule has 1 amide bonds. The third-order valence-corrected chi connectivity index (χ3v) is 2.87. The minimum absolute atomic E-state index is 0.159. The molecule has 2 rings (SSSR count). The zero-order valence-corrected chi connectivity index (χ0v) is 10.3. The summed E-state index contributed by atoms with van der Waals surface area (Å²) in [6, 6.07) is 6.31. The quantitative estimate of drug-likeness (QED) is 0.864. The summed E-state index contributed by atoms with van der Waals surface area (Å²) in [5, 5.41) is 0. The molecule has 1 unspecified atom stereocenters. The number of benzene rings is 1. The smallest absolute Gasteiger partial charge is 0.410 e. The molecule has 0 saturated carbocycles. The molecule has 1 aliphatic rings. The predicted molar refractivity (Wildman–Crippen MR) is 65.6 cm³/mol. The number of carbonyl (C=O) groups is 1. The van der Waals surface area contributed by atoms with Gasteiger partial charge in [-0.25, -0.2) is 4.79 Å². The lowest BCUT2D eigenvalue weighted by Gasteiger charge is -2.13. The van der Waals surface area contributed by atoms with Crippen molar-refractivity contribution in [2.24, 2.45) is 5.73 Å². The number of rotatable bonds is 3. The first kappa shape index (κ1) is 11.9. The van der Waals surface area contributed by atoms with Gasteiger partial charge >= 0.3 is 6.09 Å². The van der Waals surface area contributed by atoms with Crippen LogP contribution in [0.25, 0.3) is 0 Å². The van der Waals surface area contributed by atoms with Crippen molar-refractivity contribution < 1.29 is 9.53 Å². The van der Waals surface area contributed by atoms with E-state index in [1.54, 1.807) is 4.90 Å². The van der Waals surface area contributed by atoms with Crippen molar-refractivity contribution in [3.8, 4) is 0 Å². The van der Waals surface area contributed by atoms with Gasteiger partial charge in [-0.15, -0.1) is 0 Å². The Morgan fingerprint density at radius 1 is 1.35 bits per heavy atom. The molecule has 1 aliphatic heterocycles. The highest BCUT2D eigenvalue weighted by Gasteiger charge is 2.29. The Morgan fingerprint density at radius 2 is 2.00 bits per heavy atom. The maximum atomic E-state index is 11.6. The second-order valence-corrected chi connectivity index (χ2v) is 4.62. The van der Waals surface area contributed by atoms with Gasteiger partial charge in [-0.2, -0.15) is 0 Å². The number of hydrogen-bond donors (Lipinski definition) is 1. The molecule has 1 fully saturated rings. The number of carbonyl (C=O) groups excluding carboxylic acids is 1. The Balaban J connectivity index is 2.08. The van der Waals surface area contributed by atoms with Gasteiger partial charge in [-0.05, 0) is 19.4 Å². The standard InChI is InChI=1S/C13H18N2O2/c1-9-3-10(2)5-11(4-9)7-15-8-12(6-14)17-13(15)16/h3-5,12H,6-8,14H2,1-2H3. The first-order valence-electron chi connectivity index (χ1n) is 5.81. The Bertz CT molecular complexity index is 411. The van der Waals surface area contributed by atoms with Gasteiger partial charge in [-0.1, -0.05) is 29.3 Å². The van der Waals surface area contributed by atoms with E-state index in [1.807, 2.05) is 0 Å². The fraction of sp³-hybridized carbons (Fsp3) is 0.462. The molecule has 4 heteroatoms. The minimum atomic E-state index is -0.264. The van der Waals surface area contributed by atoms with Crippen molar-refractivity contribution in [3.63, 3.8) is 0 Å². The third-order valence-electron chi connectivity index (χ3n) is 2.87. The largest absolute Gasteiger partial charge is 0.443 e. The molecule has 17 heavy (non-hydrogen) atoms. The van der Waals surface area contributed by atoms with E-state index in [2.05, 4.69) is 32.0 Å². The highest BCUT2D eigenvalue weighted by molar-refractivity contribution is 5.70. The van der Waals surface area contributed by atoms with Crippen LogP contribution >= 0.6 is 0 Å². The number of nitrogens with zero attached hydrogens (tertiary/aromatic N) is 1. The molecule has 1 aromatic rings. The second-order valence-electron chi connectivity index (χ2n) is 4.62. The van der Waals surface area contributed by atoms with Gasteiger partial charge in [-0.3, -0.25) is 0 Å². The molecule has 1 aromatic carbocycles. The van der Waals surface area contributed by atoms with Gasteiger partial charge < -0.3 is 15.4 Å². The number of cyclic esters (lactones) is 1. The molecule has 4 nitrogen and oxygen atoms in total. The number of ether oxygens (including phenoxy) is 1.